The molecule has 0 saturated heterocycles. The van der Waals surface area contributed by atoms with Crippen LogP contribution in [0.2, 0.25) is 16.6 Å². The highest BCUT2D eigenvalue weighted by Gasteiger charge is 2.45. The van der Waals surface area contributed by atoms with E-state index in [9.17, 15) is 5.21 Å². The molecule has 6 nitrogen and oxygen atoms in total. The van der Waals surface area contributed by atoms with Crippen LogP contribution >= 0.6 is 0 Å². The molecule has 0 amide bonds. The van der Waals surface area contributed by atoms with Crippen molar-refractivity contribution < 1.29 is 14.2 Å². The Bertz CT molecular complexity index is 285. The summed E-state index contributed by atoms with van der Waals surface area (Å²) >= 11 is 0. The van der Waals surface area contributed by atoms with Crippen molar-refractivity contribution in [3.8, 4) is 0 Å². The zero-order valence-corrected chi connectivity index (χ0v) is 15.1. The van der Waals surface area contributed by atoms with Gasteiger partial charge in [-0.05, 0) is 36.1 Å². The molecule has 0 spiro atoms. The molecule has 0 aromatic carbocycles. The molecule has 7 heteroatoms. The highest BCUT2D eigenvalue weighted by molar-refractivity contribution is 6.77. The summed E-state index contributed by atoms with van der Waals surface area (Å²) < 4.78 is 6.12. The minimum atomic E-state index is -1.95. The largest absolute Gasteiger partial charge is 0.570 e. The van der Waals surface area contributed by atoms with E-state index in [1.54, 1.807) is 0 Å². The molecule has 0 aromatic rings. The van der Waals surface area contributed by atoms with Crippen molar-refractivity contribution in [2.75, 3.05) is 6.79 Å². The van der Waals surface area contributed by atoms with Crippen molar-refractivity contribution in [1.82, 2.24) is 5.59 Å². The van der Waals surface area contributed by atoms with Gasteiger partial charge in [-0.1, -0.05) is 41.5 Å². The molecule has 1 N–H and O–H groups in total. The first-order valence-corrected chi connectivity index (χ1v) is 9.48. The quantitative estimate of drug-likeness (QED) is 0.175. The van der Waals surface area contributed by atoms with Crippen molar-refractivity contribution >= 4 is 8.32 Å². The van der Waals surface area contributed by atoms with Crippen molar-refractivity contribution in [3.05, 3.63) is 5.21 Å². The molecule has 0 aliphatic heterocycles. The van der Waals surface area contributed by atoms with E-state index in [0.717, 1.165) is 0 Å². The van der Waals surface area contributed by atoms with E-state index in [4.69, 9.17) is 9.26 Å². The Balaban J connectivity index is 4.51. The van der Waals surface area contributed by atoms with Gasteiger partial charge in [0.15, 0.2) is 6.79 Å². The number of hydrogen-bond acceptors (Lipinski definition) is 4. The first-order chi connectivity index (χ1) is 9.14. The molecule has 0 heterocycles. The number of nitrogens with zero attached hydrogens (tertiary/aromatic N) is 2. The third-order valence-electron chi connectivity index (χ3n) is 3.55. The molecular formula is C13H31N3O3Si. The van der Waals surface area contributed by atoms with Gasteiger partial charge in [0.1, 0.15) is 6.04 Å². The van der Waals surface area contributed by atoms with Gasteiger partial charge in [0.2, 0.25) is 8.32 Å². The van der Waals surface area contributed by atoms with E-state index < -0.39 is 8.32 Å². The molecule has 0 saturated carbocycles. The Morgan fingerprint density at radius 2 is 1.45 bits per heavy atom. The molecular weight excluding hydrogens is 274 g/mol. The van der Waals surface area contributed by atoms with Crippen LogP contribution in [0.4, 0.5) is 0 Å². The van der Waals surface area contributed by atoms with E-state index in [1.165, 1.54) is 0 Å². The number of hydrazine groups is 1. The minimum Gasteiger partial charge on any atom is -0.570 e. The van der Waals surface area contributed by atoms with Gasteiger partial charge >= 0.3 is 0 Å². The molecule has 0 bridgehead atoms. The van der Waals surface area contributed by atoms with E-state index in [-0.39, 0.29) is 12.8 Å². The third kappa shape index (κ3) is 5.38. The van der Waals surface area contributed by atoms with Gasteiger partial charge in [-0.25, -0.2) is 0 Å². The molecule has 0 unspecified atom stereocenters. The second-order valence-corrected chi connectivity index (χ2v) is 11.8. The van der Waals surface area contributed by atoms with E-state index in [1.807, 2.05) is 13.8 Å². The molecule has 0 radical (unpaired) electrons. The molecule has 0 aliphatic carbocycles. The van der Waals surface area contributed by atoms with Crippen molar-refractivity contribution in [2.24, 2.45) is 5.11 Å². The summed E-state index contributed by atoms with van der Waals surface area (Å²) in [6, 6.07) is -0.0834. The fraction of sp³-hybridized carbons (Fsp3) is 1.00. The van der Waals surface area contributed by atoms with Crippen LogP contribution in [0.5, 0.6) is 0 Å². The number of hydrogen-bond donors (Lipinski definition) is 1. The maximum Gasteiger partial charge on any atom is 0.203 e. The lowest BCUT2D eigenvalue weighted by Gasteiger charge is -2.41. The average Bonchev–Trinajstić information content (AvgIpc) is 2.26. The molecule has 120 valence electrons. The second-order valence-electron chi connectivity index (χ2n) is 6.30. The molecule has 0 fully saturated rings. The van der Waals surface area contributed by atoms with Gasteiger partial charge in [0.05, 0.1) is 4.97 Å². The first kappa shape index (κ1) is 19.3. The summed E-state index contributed by atoms with van der Waals surface area (Å²) in [5.41, 5.74) is 3.66. The fourth-order valence-corrected chi connectivity index (χ4v) is 8.21. The number of nitrogens with one attached hydrogen (secondary N) is 1. The van der Waals surface area contributed by atoms with Crippen LogP contribution in [0.25, 0.3) is 0 Å². The summed E-state index contributed by atoms with van der Waals surface area (Å²) in [6.07, 6.45) is 0. The van der Waals surface area contributed by atoms with Crippen LogP contribution in [0, 0.1) is 5.21 Å². The van der Waals surface area contributed by atoms with Crippen LogP contribution in [-0.4, -0.2) is 26.1 Å². The lowest BCUT2D eigenvalue weighted by atomic mass is 10.4. The van der Waals surface area contributed by atoms with Crippen molar-refractivity contribution in [3.63, 3.8) is 0 Å². The van der Waals surface area contributed by atoms with Gasteiger partial charge in [0.25, 0.3) is 0 Å². The summed E-state index contributed by atoms with van der Waals surface area (Å²) in [4.78, 5) is 5.42. The van der Waals surface area contributed by atoms with Crippen LogP contribution in [0.3, 0.4) is 0 Å². The third-order valence-corrected chi connectivity index (χ3v) is 9.59. The van der Waals surface area contributed by atoms with E-state index >= 15 is 0 Å². The Hall–Kier alpha value is -0.663. The zero-order valence-electron chi connectivity index (χ0n) is 14.1. The first-order valence-electron chi connectivity index (χ1n) is 7.33. The van der Waals surface area contributed by atoms with Crippen molar-refractivity contribution in [1.29, 1.82) is 0 Å². The molecule has 0 aliphatic rings. The molecule has 0 atom stereocenters. The second kappa shape index (κ2) is 8.59. The van der Waals surface area contributed by atoms with Gasteiger partial charge < -0.3 is 9.63 Å². The van der Waals surface area contributed by atoms with Crippen LogP contribution < -0.4 is 5.59 Å². The topological polar surface area (TPSA) is 68.9 Å². The summed E-state index contributed by atoms with van der Waals surface area (Å²) in [5, 5.41) is 15.0. The summed E-state index contributed by atoms with van der Waals surface area (Å²) in [7, 11) is -1.95. The molecule has 20 heavy (non-hydrogen) atoms. The van der Waals surface area contributed by atoms with E-state index in [2.05, 4.69) is 52.2 Å². The monoisotopic (exact) mass is 305 g/mol. The smallest absolute Gasteiger partial charge is 0.203 e. The van der Waals surface area contributed by atoms with Crippen LogP contribution in [0.15, 0.2) is 5.11 Å². The zero-order chi connectivity index (χ0) is 15.9. The van der Waals surface area contributed by atoms with E-state index in [0.29, 0.717) is 21.6 Å². The summed E-state index contributed by atoms with van der Waals surface area (Å²) in [5.74, 6) is 0. The lowest BCUT2D eigenvalue weighted by Crippen LogP contribution is -2.48. The predicted octanol–water partition coefficient (Wildman–Crippen LogP) is 3.94. The minimum absolute atomic E-state index is 0.0626. The number of rotatable bonds is 9. The fourth-order valence-electron chi connectivity index (χ4n) is 2.95. The normalized spacial score (nSPS) is 13.9. The lowest BCUT2D eigenvalue weighted by molar-refractivity contribution is -0.649. The highest BCUT2D eigenvalue weighted by Crippen LogP contribution is 2.42. The Labute approximate surface area is 124 Å². The predicted molar refractivity (Wildman–Crippen MR) is 82.4 cm³/mol. The Morgan fingerprint density at radius 3 is 1.80 bits per heavy atom. The van der Waals surface area contributed by atoms with Crippen LogP contribution in [0.1, 0.15) is 55.4 Å². The van der Waals surface area contributed by atoms with Gasteiger partial charge in [-0.15, -0.1) is 0 Å². The Kier molecular flexibility index (Phi) is 8.30. The maximum absolute atomic E-state index is 11.2. The SMILES string of the molecule is CC(C)N=[N+]([O-])NOCO[Si](C(C)C)(C(C)C)C(C)C. The standard InChI is InChI=1S/C13H31N3O3Si/c1-10(2)14-16(17)15-18-9-19-20(11(3)4,12(5)6)13(7)8/h10-13H,9H2,1-8H3,(H,14,15). The van der Waals surface area contributed by atoms with Crippen LogP contribution in [-0.2, 0) is 9.26 Å². The molecule has 0 aromatic heterocycles. The summed E-state index contributed by atoms with van der Waals surface area (Å²) in [6.45, 7) is 16.9. The Morgan fingerprint density at radius 1 is 1.00 bits per heavy atom. The van der Waals surface area contributed by atoms with Crippen molar-refractivity contribution in [2.45, 2.75) is 78.1 Å². The molecule has 0 rings (SSSR count). The average molecular weight is 305 g/mol. The maximum atomic E-state index is 11.2. The van der Waals surface area contributed by atoms with Gasteiger partial charge in [0, 0.05) is 5.11 Å². The van der Waals surface area contributed by atoms with Gasteiger partial charge in [-0.3, -0.25) is 0 Å². The highest BCUT2D eigenvalue weighted by atomic mass is 28.4. The van der Waals surface area contributed by atoms with Gasteiger partial charge in [-0.2, -0.15) is 4.84 Å².